The molecule has 2 aromatic carbocycles. The molecule has 1 fully saturated rings. The van der Waals surface area contributed by atoms with Crippen molar-refractivity contribution >= 4 is 17.5 Å². The Morgan fingerprint density at radius 2 is 1.74 bits per heavy atom. The second-order valence-corrected chi connectivity index (χ2v) is 10.4. The number of hydrogen-bond donors (Lipinski definition) is 0. The largest absolute Gasteiger partial charge is 0.493 e. The zero-order valence-electron chi connectivity index (χ0n) is 23.8. The van der Waals surface area contributed by atoms with E-state index < -0.39 is 17.8 Å². The molecule has 0 saturated heterocycles. The number of methoxy groups -OCH3 is 2. The normalized spacial score (nSPS) is 20.8. The molecule has 0 radical (unpaired) electrons. The predicted molar refractivity (Wildman–Crippen MR) is 151 cm³/mol. The van der Waals surface area contributed by atoms with Crippen LogP contribution in [0.25, 0.3) is 0 Å². The Bertz CT molecular complexity index is 1280. The summed E-state index contributed by atoms with van der Waals surface area (Å²) in [5.74, 6) is 0.430. The highest BCUT2D eigenvalue weighted by Gasteiger charge is 2.47. The van der Waals surface area contributed by atoms with Crippen molar-refractivity contribution in [2.45, 2.75) is 71.3 Å². The molecule has 0 amide bonds. The molecule has 39 heavy (non-hydrogen) atoms. The monoisotopic (exact) mass is 533 g/mol. The van der Waals surface area contributed by atoms with Crippen molar-refractivity contribution in [3.05, 3.63) is 64.9 Å². The molecular formula is C32H39NO6. The molecule has 7 heteroatoms. The summed E-state index contributed by atoms with van der Waals surface area (Å²) in [5.41, 5.74) is 3.62. The maximum atomic E-state index is 14.0. The van der Waals surface area contributed by atoms with Gasteiger partial charge in [-0.15, -0.1) is 0 Å². The number of ether oxygens (including phenoxy) is 4. The first-order valence-electron chi connectivity index (χ1n) is 13.7. The Kier molecular flexibility index (Phi) is 9.10. The summed E-state index contributed by atoms with van der Waals surface area (Å²) in [4.78, 5) is 32.3. The van der Waals surface area contributed by atoms with Gasteiger partial charge in [-0.3, -0.25) is 9.79 Å². The van der Waals surface area contributed by atoms with E-state index in [0.717, 1.165) is 29.7 Å². The van der Waals surface area contributed by atoms with Gasteiger partial charge in [-0.05, 0) is 63.3 Å². The topological polar surface area (TPSA) is 83.4 Å². The van der Waals surface area contributed by atoms with Crippen molar-refractivity contribution < 1.29 is 28.5 Å². The van der Waals surface area contributed by atoms with Crippen LogP contribution in [0.1, 0.15) is 76.3 Å². The van der Waals surface area contributed by atoms with Gasteiger partial charge >= 0.3 is 5.97 Å². The lowest BCUT2D eigenvalue weighted by molar-refractivity contribution is -0.143. The summed E-state index contributed by atoms with van der Waals surface area (Å²) in [6.45, 7) is 8.15. The van der Waals surface area contributed by atoms with Crippen LogP contribution in [0, 0.1) is 5.92 Å². The number of para-hydroxylation sites is 1. The number of esters is 1. The molecule has 1 aliphatic heterocycles. The van der Waals surface area contributed by atoms with Crippen LogP contribution in [-0.4, -0.2) is 44.4 Å². The second kappa shape index (κ2) is 12.5. The minimum Gasteiger partial charge on any atom is -0.493 e. The lowest BCUT2D eigenvalue weighted by Gasteiger charge is -2.38. The Hall–Kier alpha value is -3.61. The van der Waals surface area contributed by atoms with E-state index in [1.54, 1.807) is 14.2 Å². The standard InChI is InChI=1S/C32H39NO6/c1-7-8-15-38-26-12-10-9-11-23(26)30-29(32(35)39-19(2)3)20(4)33-24-16-22(17-25(34)31(24)30)21-13-14-27(36-5)28(18-21)37-6/h9-14,18-19,22,30-31H,7-8,15-17H2,1-6H3/t22-,30-,31?/m0/s1. The minimum absolute atomic E-state index is 0.0514. The first kappa shape index (κ1) is 28.4. The number of unbranched alkanes of at least 4 members (excludes halogenated alkanes) is 1. The summed E-state index contributed by atoms with van der Waals surface area (Å²) in [7, 11) is 3.20. The fourth-order valence-corrected chi connectivity index (χ4v) is 5.59. The molecule has 7 nitrogen and oxygen atoms in total. The van der Waals surface area contributed by atoms with Gasteiger partial charge in [-0.25, -0.2) is 4.79 Å². The van der Waals surface area contributed by atoms with E-state index in [1.807, 2.05) is 63.2 Å². The van der Waals surface area contributed by atoms with E-state index in [1.165, 1.54) is 0 Å². The first-order chi connectivity index (χ1) is 18.8. The Balaban J connectivity index is 1.78. The lowest BCUT2D eigenvalue weighted by atomic mass is 9.66. The molecule has 208 valence electrons. The second-order valence-electron chi connectivity index (χ2n) is 10.4. The number of carbonyl (C=O) groups is 2. The number of benzene rings is 2. The lowest BCUT2D eigenvalue weighted by Crippen LogP contribution is -2.41. The number of hydrogen-bond acceptors (Lipinski definition) is 7. The Labute approximate surface area is 231 Å². The van der Waals surface area contributed by atoms with Crippen molar-refractivity contribution in [1.82, 2.24) is 0 Å². The van der Waals surface area contributed by atoms with E-state index in [2.05, 4.69) is 6.92 Å². The zero-order chi connectivity index (χ0) is 28.1. The summed E-state index contributed by atoms with van der Waals surface area (Å²) in [6, 6.07) is 13.5. The molecule has 0 N–H and O–H groups in total. The highest BCUT2D eigenvalue weighted by molar-refractivity contribution is 6.12. The quantitative estimate of drug-likeness (QED) is 0.259. The van der Waals surface area contributed by atoms with Crippen LogP contribution in [0.3, 0.4) is 0 Å². The number of carbonyl (C=O) groups excluding carboxylic acids is 2. The third-order valence-electron chi connectivity index (χ3n) is 7.41. The number of Topliss-reactive ketones (excluding diaryl/α,β-unsaturated/α-hetero) is 1. The van der Waals surface area contributed by atoms with E-state index in [9.17, 15) is 9.59 Å². The first-order valence-corrected chi connectivity index (χ1v) is 13.7. The van der Waals surface area contributed by atoms with Gasteiger partial charge in [-0.2, -0.15) is 0 Å². The van der Waals surface area contributed by atoms with Gasteiger partial charge < -0.3 is 18.9 Å². The van der Waals surface area contributed by atoms with Gasteiger partial charge in [0.05, 0.1) is 38.4 Å². The third kappa shape index (κ3) is 6.02. The number of aliphatic imine (C=N–C) groups is 1. The minimum atomic E-state index is -0.560. The van der Waals surface area contributed by atoms with Gasteiger partial charge in [0.1, 0.15) is 11.5 Å². The SMILES string of the molecule is CCCCOc1ccccc1[C@H]1C(C(=O)OC(C)C)=C(C)N=C2C[C@H](c3ccc(OC)c(OC)c3)CC(=O)C21. The van der Waals surface area contributed by atoms with E-state index in [4.69, 9.17) is 23.9 Å². The van der Waals surface area contributed by atoms with Crippen molar-refractivity contribution in [2.75, 3.05) is 20.8 Å². The average molecular weight is 534 g/mol. The van der Waals surface area contributed by atoms with Crippen molar-refractivity contribution in [2.24, 2.45) is 10.9 Å². The molecule has 1 unspecified atom stereocenters. The molecule has 0 bridgehead atoms. The van der Waals surface area contributed by atoms with Crippen LogP contribution in [0.5, 0.6) is 17.2 Å². The van der Waals surface area contributed by atoms with Crippen molar-refractivity contribution in [1.29, 1.82) is 0 Å². The van der Waals surface area contributed by atoms with Crippen LogP contribution >= 0.6 is 0 Å². The summed E-state index contributed by atoms with van der Waals surface area (Å²) in [5, 5.41) is 0. The third-order valence-corrected chi connectivity index (χ3v) is 7.41. The van der Waals surface area contributed by atoms with Crippen molar-refractivity contribution in [3.63, 3.8) is 0 Å². The fraction of sp³-hybridized carbons (Fsp3) is 0.469. The average Bonchev–Trinajstić information content (AvgIpc) is 2.91. The molecule has 1 aliphatic carbocycles. The highest BCUT2D eigenvalue weighted by Crippen LogP contribution is 2.48. The van der Waals surface area contributed by atoms with Crippen LogP contribution in [0.2, 0.25) is 0 Å². The number of rotatable bonds is 10. The molecule has 0 aromatic heterocycles. The Morgan fingerprint density at radius 3 is 2.44 bits per heavy atom. The molecule has 2 aromatic rings. The number of ketones is 1. The van der Waals surface area contributed by atoms with Gasteiger partial charge in [0, 0.05) is 29.3 Å². The number of fused-ring (bicyclic) bond motifs is 1. The van der Waals surface area contributed by atoms with Crippen LogP contribution in [-0.2, 0) is 14.3 Å². The smallest absolute Gasteiger partial charge is 0.336 e. The summed E-state index contributed by atoms with van der Waals surface area (Å²) < 4.78 is 22.7. The van der Waals surface area contributed by atoms with E-state index in [-0.39, 0.29) is 17.8 Å². The molecule has 1 heterocycles. The number of nitrogens with zero attached hydrogens (tertiary/aromatic N) is 1. The summed E-state index contributed by atoms with van der Waals surface area (Å²) in [6.07, 6.45) is 2.56. The van der Waals surface area contributed by atoms with E-state index in [0.29, 0.717) is 48.0 Å². The molecule has 1 saturated carbocycles. The molecule has 4 rings (SSSR count). The maximum absolute atomic E-state index is 14.0. The molecular weight excluding hydrogens is 494 g/mol. The van der Waals surface area contributed by atoms with Gasteiger partial charge in [-0.1, -0.05) is 37.6 Å². The zero-order valence-corrected chi connectivity index (χ0v) is 23.8. The number of allylic oxidation sites excluding steroid dienone is 1. The maximum Gasteiger partial charge on any atom is 0.336 e. The molecule has 3 atom stereocenters. The van der Waals surface area contributed by atoms with Gasteiger partial charge in [0.25, 0.3) is 0 Å². The molecule has 0 spiro atoms. The summed E-state index contributed by atoms with van der Waals surface area (Å²) >= 11 is 0. The highest BCUT2D eigenvalue weighted by atomic mass is 16.5. The fourth-order valence-electron chi connectivity index (χ4n) is 5.59. The van der Waals surface area contributed by atoms with Crippen molar-refractivity contribution in [3.8, 4) is 17.2 Å². The molecule has 2 aliphatic rings. The van der Waals surface area contributed by atoms with Crippen LogP contribution in [0.4, 0.5) is 0 Å². The Morgan fingerprint density at radius 1 is 1.00 bits per heavy atom. The van der Waals surface area contributed by atoms with E-state index >= 15 is 0 Å². The van der Waals surface area contributed by atoms with Gasteiger partial charge in [0.15, 0.2) is 11.5 Å². The van der Waals surface area contributed by atoms with Gasteiger partial charge in [0.2, 0.25) is 0 Å². The van der Waals surface area contributed by atoms with Crippen LogP contribution in [0.15, 0.2) is 58.7 Å². The predicted octanol–water partition coefficient (Wildman–Crippen LogP) is 6.41. The van der Waals surface area contributed by atoms with Crippen LogP contribution < -0.4 is 14.2 Å².